The third kappa shape index (κ3) is 3.39. The SMILES string of the molecule is NCCNCC1CCC=CO1. The van der Waals surface area contributed by atoms with Gasteiger partial charge in [0.1, 0.15) is 6.10 Å². The lowest BCUT2D eigenvalue weighted by atomic mass is 10.1. The number of hydrogen-bond acceptors (Lipinski definition) is 3. The van der Waals surface area contributed by atoms with E-state index in [0.717, 1.165) is 25.9 Å². The predicted octanol–water partition coefficient (Wildman–Crippen LogP) is 0.227. The van der Waals surface area contributed by atoms with Gasteiger partial charge in [-0.25, -0.2) is 0 Å². The highest BCUT2D eigenvalue weighted by Gasteiger charge is 2.08. The van der Waals surface area contributed by atoms with Gasteiger partial charge in [0.2, 0.25) is 0 Å². The average Bonchev–Trinajstić information content (AvgIpc) is 2.07. The van der Waals surface area contributed by atoms with Crippen LogP contribution in [0.4, 0.5) is 0 Å². The smallest absolute Gasteiger partial charge is 0.110 e. The summed E-state index contributed by atoms with van der Waals surface area (Å²) < 4.78 is 5.34. The first-order valence-electron chi connectivity index (χ1n) is 4.14. The summed E-state index contributed by atoms with van der Waals surface area (Å²) in [5.74, 6) is 0. The lowest BCUT2D eigenvalue weighted by Crippen LogP contribution is -2.32. The van der Waals surface area contributed by atoms with E-state index in [1.54, 1.807) is 6.26 Å². The molecule has 11 heavy (non-hydrogen) atoms. The Bertz CT molecular complexity index is 125. The molecule has 1 unspecified atom stereocenters. The monoisotopic (exact) mass is 156 g/mol. The van der Waals surface area contributed by atoms with Gasteiger partial charge in [0.05, 0.1) is 6.26 Å². The Kier molecular flexibility index (Phi) is 4.01. The van der Waals surface area contributed by atoms with Crippen LogP contribution in [0.5, 0.6) is 0 Å². The largest absolute Gasteiger partial charge is 0.497 e. The molecule has 0 bridgehead atoms. The van der Waals surface area contributed by atoms with Gasteiger partial charge in [0, 0.05) is 19.6 Å². The van der Waals surface area contributed by atoms with Gasteiger partial charge in [-0.15, -0.1) is 0 Å². The first-order chi connectivity index (χ1) is 5.43. The molecule has 1 atom stereocenters. The molecule has 0 fully saturated rings. The second-order valence-corrected chi connectivity index (χ2v) is 2.70. The summed E-state index contributed by atoms with van der Waals surface area (Å²) in [5.41, 5.74) is 5.33. The highest BCUT2D eigenvalue weighted by Crippen LogP contribution is 2.08. The van der Waals surface area contributed by atoms with Crippen LogP contribution < -0.4 is 11.1 Å². The maximum Gasteiger partial charge on any atom is 0.110 e. The van der Waals surface area contributed by atoms with Gasteiger partial charge in [0.15, 0.2) is 0 Å². The summed E-state index contributed by atoms with van der Waals surface area (Å²) in [6, 6.07) is 0. The standard InChI is InChI=1S/C8H16N2O/c9-4-5-10-7-8-3-1-2-6-11-8/h2,6,8,10H,1,3-5,7,9H2. The summed E-state index contributed by atoms with van der Waals surface area (Å²) in [6.07, 6.45) is 6.45. The molecule has 0 aromatic rings. The van der Waals surface area contributed by atoms with Crippen molar-refractivity contribution >= 4 is 0 Å². The molecule has 0 radical (unpaired) electrons. The minimum Gasteiger partial charge on any atom is -0.497 e. The fraction of sp³-hybridized carbons (Fsp3) is 0.750. The van der Waals surface area contributed by atoms with Crippen molar-refractivity contribution < 1.29 is 4.74 Å². The fourth-order valence-electron chi connectivity index (χ4n) is 1.10. The number of ether oxygens (including phenoxy) is 1. The van der Waals surface area contributed by atoms with E-state index in [2.05, 4.69) is 11.4 Å². The third-order valence-corrected chi connectivity index (χ3v) is 1.72. The van der Waals surface area contributed by atoms with E-state index in [1.165, 1.54) is 0 Å². The third-order valence-electron chi connectivity index (χ3n) is 1.72. The van der Waals surface area contributed by atoms with Gasteiger partial charge < -0.3 is 15.8 Å². The lowest BCUT2D eigenvalue weighted by Gasteiger charge is -2.19. The lowest BCUT2D eigenvalue weighted by molar-refractivity contribution is 0.123. The Morgan fingerprint density at radius 2 is 2.55 bits per heavy atom. The van der Waals surface area contributed by atoms with Crippen LogP contribution in [-0.4, -0.2) is 25.7 Å². The highest BCUT2D eigenvalue weighted by atomic mass is 16.5. The number of nitrogens with one attached hydrogen (secondary N) is 1. The quantitative estimate of drug-likeness (QED) is 0.573. The molecule has 0 saturated carbocycles. The summed E-state index contributed by atoms with van der Waals surface area (Å²) >= 11 is 0. The summed E-state index contributed by atoms with van der Waals surface area (Å²) in [7, 11) is 0. The molecule has 64 valence electrons. The molecule has 1 aliphatic rings. The molecule has 1 heterocycles. The minimum absolute atomic E-state index is 0.353. The maximum atomic E-state index is 5.34. The zero-order valence-corrected chi connectivity index (χ0v) is 6.75. The van der Waals surface area contributed by atoms with Crippen molar-refractivity contribution in [1.29, 1.82) is 0 Å². The van der Waals surface area contributed by atoms with Crippen LogP contribution >= 0.6 is 0 Å². The van der Waals surface area contributed by atoms with E-state index >= 15 is 0 Å². The Labute approximate surface area is 67.6 Å². The topological polar surface area (TPSA) is 47.3 Å². The van der Waals surface area contributed by atoms with Gasteiger partial charge in [0.25, 0.3) is 0 Å². The molecule has 0 spiro atoms. The summed E-state index contributed by atoms with van der Waals surface area (Å²) in [6.45, 7) is 2.49. The Hall–Kier alpha value is -0.540. The van der Waals surface area contributed by atoms with Crippen molar-refractivity contribution in [3.8, 4) is 0 Å². The van der Waals surface area contributed by atoms with Crippen molar-refractivity contribution in [2.45, 2.75) is 18.9 Å². The van der Waals surface area contributed by atoms with Gasteiger partial charge in [-0.3, -0.25) is 0 Å². The van der Waals surface area contributed by atoms with E-state index in [1.807, 2.05) is 0 Å². The van der Waals surface area contributed by atoms with Crippen LogP contribution in [0.3, 0.4) is 0 Å². The number of nitrogens with two attached hydrogens (primary N) is 1. The minimum atomic E-state index is 0.353. The zero-order valence-electron chi connectivity index (χ0n) is 6.75. The van der Waals surface area contributed by atoms with Crippen LogP contribution in [0.25, 0.3) is 0 Å². The second kappa shape index (κ2) is 5.16. The maximum absolute atomic E-state index is 5.34. The van der Waals surface area contributed by atoms with Crippen molar-refractivity contribution in [1.82, 2.24) is 5.32 Å². The van der Waals surface area contributed by atoms with E-state index in [0.29, 0.717) is 12.6 Å². The van der Waals surface area contributed by atoms with Crippen LogP contribution in [0.15, 0.2) is 12.3 Å². The van der Waals surface area contributed by atoms with E-state index in [4.69, 9.17) is 10.5 Å². The first-order valence-corrected chi connectivity index (χ1v) is 4.14. The molecular weight excluding hydrogens is 140 g/mol. The molecule has 1 rings (SSSR count). The number of hydrogen-bond donors (Lipinski definition) is 2. The highest BCUT2D eigenvalue weighted by molar-refractivity contribution is 4.82. The van der Waals surface area contributed by atoms with Crippen molar-refractivity contribution in [2.75, 3.05) is 19.6 Å². The number of rotatable bonds is 4. The molecule has 3 heteroatoms. The van der Waals surface area contributed by atoms with Crippen LogP contribution in [0, 0.1) is 0 Å². The molecule has 0 aromatic heterocycles. The van der Waals surface area contributed by atoms with Gasteiger partial charge in [-0.2, -0.15) is 0 Å². The first kappa shape index (κ1) is 8.56. The van der Waals surface area contributed by atoms with E-state index in [9.17, 15) is 0 Å². The molecule has 0 saturated heterocycles. The second-order valence-electron chi connectivity index (χ2n) is 2.70. The molecule has 0 aromatic carbocycles. The molecule has 3 N–H and O–H groups in total. The van der Waals surface area contributed by atoms with Crippen molar-refractivity contribution in [3.05, 3.63) is 12.3 Å². The Morgan fingerprint density at radius 3 is 3.18 bits per heavy atom. The summed E-state index contributed by atoms with van der Waals surface area (Å²) in [4.78, 5) is 0. The predicted molar refractivity (Wildman–Crippen MR) is 45.2 cm³/mol. The average molecular weight is 156 g/mol. The van der Waals surface area contributed by atoms with Crippen molar-refractivity contribution in [2.24, 2.45) is 5.73 Å². The van der Waals surface area contributed by atoms with Crippen molar-refractivity contribution in [3.63, 3.8) is 0 Å². The zero-order chi connectivity index (χ0) is 7.94. The molecule has 3 nitrogen and oxygen atoms in total. The Morgan fingerprint density at radius 1 is 1.64 bits per heavy atom. The van der Waals surface area contributed by atoms with E-state index in [-0.39, 0.29) is 0 Å². The van der Waals surface area contributed by atoms with E-state index < -0.39 is 0 Å². The number of allylic oxidation sites excluding steroid dienone is 1. The van der Waals surface area contributed by atoms with Crippen LogP contribution in [0.1, 0.15) is 12.8 Å². The van der Waals surface area contributed by atoms with Gasteiger partial charge >= 0.3 is 0 Å². The Balaban J connectivity index is 2.02. The summed E-state index contributed by atoms with van der Waals surface area (Å²) in [5, 5.41) is 3.22. The normalized spacial score (nSPS) is 23.2. The molecule has 0 aliphatic carbocycles. The fourth-order valence-corrected chi connectivity index (χ4v) is 1.10. The van der Waals surface area contributed by atoms with Gasteiger partial charge in [-0.1, -0.05) is 0 Å². The van der Waals surface area contributed by atoms with Gasteiger partial charge in [-0.05, 0) is 18.9 Å². The molecular formula is C8H16N2O. The van der Waals surface area contributed by atoms with Crippen LogP contribution in [-0.2, 0) is 4.74 Å². The molecule has 1 aliphatic heterocycles. The van der Waals surface area contributed by atoms with Crippen LogP contribution in [0.2, 0.25) is 0 Å². The molecule has 0 amide bonds.